The molecule has 1 aliphatic heterocycles. The van der Waals surface area contributed by atoms with E-state index < -0.39 is 11.9 Å². The molecule has 4 amide bonds. The molecule has 0 aliphatic carbocycles. The van der Waals surface area contributed by atoms with E-state index in [0.29, 0.717) is 27.7 Å². The summed E-state index contributed by atoms with van der Waals surface area (Å²) in [6.07, 6.45) is 0. The molecule has 1 fully saturated rings. The molecule has 1 aromatic heterocycles. The van der Waals surface area contributed by atoms with Gasteiger partial charge in [0.1, 0.15) is 0 Å². The van der Waals surface area contributed by atoms with Crippen LogP contribution in [0, 0.1) is 0 Å². The number of carbonyl (C=O) groups is 3. The summed E-state index contributed by atoms with van der Waals surface area (Å²) in [5, 5.41) is 10.5. The number of para-hydroxylation sites is 1. The van der Waals surface area contributed by atoms with Crippen molar-refractivity contribution in [3.05, 3.63) is 100 Å². The fourth-order valence-corrected chi connectivity index (χ4v) is 3.84. The number of amides is 4. The van der Waals surface area contributed by atoms with Crippen LogP contribution < -0.4 is 16.2 Å². The Labute approximate surface area is 193 Å². The summed E-state index contributed by atoms with van der Waals surface area (Å²) >= 11 is 0. The van der Waals surface area contributed by atoms with Crippen LogP contribution in [0.5, 0.6) is 0 Å². The van der Waals surface area contributed by atoms with Crippen LogP contribution in [0.25, 0.3) is 16.5 Å². The molecule has 2 N–H and O–H groups in total. The monoisotopic (exact) mass is 453 g/mol. The minimum absolute atomic E-state index is 0.0227. The molecule has 0 saturated carbocycles. The van der Waals surface area contributed by atoms with Crippen LogP contribution in [0.2, 0.25) is 0 Å². The summed E-state index contributed by atoms with van der Waals surface area (Å²) in [6, 6.07) is 22.1. The first-order chi connectivity index (χ1) is 16.5. The van der Waals surface area contributed by atoms with E-state index in [9.17, 15) is 19.2 Å². The topological polar surface area (TPSA) is 113 Å². The van der Waals surface area contributed by atoms with Gasteiger partial charge in [0.15, 0.2) is 5.69 Å². The van der Waals surface area contributed by atoms with E-state index in [0.717, 1.165) is 4.90 Å². The standard InChI is InChI=1S/C25H19N5O4/c31-21-14-26-25(34)29(21)15-16-7-6-8-17(13-16)27-23(32)22-19-11-4-5-12-20(19)24(33)30(28-22)18-9-2-1-3-10-18/h1-13H,14-15H2,(H,26,34)(H,27,32). The first-order valence-corrected chi connectivity index (χ1v) is 10.6. The fraction of sp³-hybridized carbons (Fsp3) is 0.0800. The maximum Gasteiger partial charge on any atom is 0.324 e. The van der Waals surface area contributed by atoms with Gasteiger partial charge in [0, 0.05) is 11.1 Å². The lowest BCUT2D eigenvalue weighted by molar-refractivity contribution is -0.125. The number of hydrogen-bond acceptors (Lipinski definition) is 5. The molecule has 0 atom stereocenters. The van der Waals surface area contributed by atoms with Crippen molar-refractivity contribution in [3.63, 3.8) is 0 Å². The van der Waals surface area contributed by atoms with Crippen molar-refractivity contribution in [1.29, 1.82) is 0 Å². The number of nitrogens with one attached hydrogen (secondary N) is 2. The van der Waals surface area contributed by atoms with Crippen LogP contribution in [0.3, 0.4) is 0 Å². The summed E-state index contributed by atoms with van der Waals surface area (Å²) in [4.78, 5) is 51.1. The summed E-state index contributed by atoms with van der Waals surface area (Å²) in [6.45, 7) is 0.0690. The highest BCUT2D eigenvalue weighted by atomic mass is 16.2. The van der Waals surface area contributed by atoms with Crippen molar-refractivity contribution in [2.75, 3.05) is 11.9 Å². The number of rotatable bonds is 5. The maximum absolute atomic E-state index is 13.3. The van der Waals surface area contributed by atoms with Crippen LogP contribution in [-0.4, -0.2) is 39.1 Å². The van der Waals surface area contributed by atoms with Crippen molar-refractivity contribution in [1.82, 2.24) is 20.0 Å². The highest BCUT2D eigenvalue weighted by molar-refractivity contribution is 6.11. The molecule has 0 spiro atoms. The van der Waals surface area contributed by atoms with Gasteiger partial charge in [-0.05, 0) is 35.9 Å². The number of anilines is 1. The Bertz CT molecular complexity index is 1480. The third-order valence-corrected chi connectivity index (χ3v) is 5.48. The first-order valence-electron chi connectivity index (χ1n) is 10.6. The number of benzene rings is 3. The van der Waals surface area contributed by atoms with E-state index in [1.54, 1.807) is 72.8 Å². The van der Waals surface area contributed by atoms with Gasteiger partial charge >= 0.3 is 6.03 Å². The smallest absolute Gasteiger partial charge is 0.324 e. The van der Waals surface area contributed by atoms with Crippen molar-refractivity contribution in [2.24, 2.45) is 0 Å². The molecular weight excluding hydrogens is 434 g/mol. The summed E-state index contributed by atoms with van der Waals surface area (Å²) in [5.74, 6) is -0.800. The van der Waals surface area contributed by atoms with Crippen LogP contribution in [-0.2, 0) is 11.3 Å². The average molecular weight is 453 g/mol. The van der Waals surface area contributed by atoms with E-state index in [1.807, 2.05) is 6.07 Å². The molecule has 2 heterocycles. The van der Waals surface area contributed by atoms with Gasteiger partial charge in [-0.1, -0.05) is 48.5 Å². The van der Waals surface area contributed by atoms with Crippen LogP contribution in [0.1, 0.15) is 16.1 Å². The zero-order chi connectivity index (χ0) is 23.7. The Kier molecular flexibility index (Phi) is 5.35. The Morgan fingerprint density at radius 1 is 0.912 bits per heavy atom. The van der Waals surface area contributed by atoms with Crippen LogP contribution in [0.15, 0.2) is 83.7 Å². The van der Waals surface area contributed by atoms with Crippen molar-refractivity contribution in [3.8, 4) is 5.69 Å². The number of imide groups is 1. The molecule has 5 rings (SSSR count). The normalized spacial score (nSPS) is 13.2. The van der Waals surface area contributed by atoms with Crippen molar-refractivity contribution in [2.45, 2.75) is 6.54 Å². The number of aromatic nitrogens is 2. The largest absolute Gasteiger partial charge is 0.329 e. The highest BCUT2D eigenvalue weighted by Crippen LogP contribution is 2.19. The minimum atomic E-state index is -0.493. The Morgan fingerprint density at radius 3 is 2.38 bits per heavy atom. The molecule has 0 unspecified atom stereocenters. The molecule has 3 aromatic carbocycles. The predicted octanol–water partition coefficient (Wildman–Crippen LogP) is 2.69. The second-order valence-corrected chi connectivity index (χ2v) is 7.74. The molecular formula is C25H19N5O4. The summed E-state index contributed by atoms with van der Waals surface area (Å²) in [7, 11) is 0. The van der Waals surface area contributed by atoms with E-state index >= 15 is 0 Å². The third kappa shape index (κ3) is 3.90. The number of hydrogen-bond donors (Lipinski definition) is 2. The number of urea groups is 1. The number of carbonyl (C=O) groups excluding carboxylic acids is 3. The Morgan fingerprint density at radius 2 is 1.65 bits per heavy atom. The van der Waals surface area contributed by atoms with Crippen molar-refractivity contribution >= 4 is 34.3 Å². The lowest BCUT2D eigenvalue weighted by atomic mass is 10.1. The molecule has 1 saturated heterocycles. The van der Waals surface area contributed by atoms with Gasteiger partial charge in [-0.15, -0.1) is 0 Å². The number of fused-ring (bicyclic) bond motifs is 1. The molecule has 1 aliphatic rings. The third-order valence-electron chi connectivity index (χ3n) is 5.48. The van der Waals surface area contributed by atoms with E-state index in [-0.39, 0.29) is 30.2 Å². The quantitative estimate of drug-likeness (QED) is 0.451. The van der Waals surface area contributed by atoms with Gasteiger partial charge in [-0.2, -0.15) is 9.78 Å². The molecule has 168 valence electrons. The van der Waals surface area contributed by atoms with E-state index in [1.165, 1.54) is 4.68 Å². The lowest BCUT2D eigenvalue weighted by Crippen LogP contribution is -2.30. The predicted molar refractivity (Wildman–Crippen MR) is 126 cm³/mol. The molecule has 4 aromatic rings. The van der Waals surface area contributed by atoms with Crippen molar-refractivity contribution < 1.29 is 14.4 Å². The minimum Gasteiger partial charge on any atom is -0.329 e. The van der Waals surface area contributed by atoms with Gasteiger partial charge < -0.3 is 10.6 Å². The van der Waals surface area contributed by atoms with Gasteiger partial charge in [-0.25, -0.2) is 4.79 Å². The molecule has 9 nitrogen and oxygen atoms in total. The second-order valence-electron chi connectivity index (χ2n) is 7.74. The maximum atomic E-state index is 13.3. The molecule has 0 bridgehead atoms. The second kappa shape index (κ2) is 8.62. The Hall–Kier alpha value is -4.79. The average Bonchev–Trinajstić information content (AvgIpc) is 3.17. The van der Waals surface area contributed by atoms with Crippen LogP contribution in [0.4, 0.5) is 10.5 Å². The zero-order valence-electron chi connectivity index (χ0n) is 17.9. The first kappa shape index (κ1) is 21.1. The SMILES string of the molecule is O=C(Nc1cccc(CN2C(=O)CNC2=O)c1)c1nn(-c2ccccc2)c(=O)c2ccccc12. The summed E-state index contributed by atoms with van der Waals surface area (Å²) in [5.41, 5.74) is 1.46. The lowest BCUT2D eigenvalue weighted by Gasteiger charge is -2.14. The van der Waals surface area contributed by atoms with E-state index in [2.05, 4.69) is 15.7 Å². The van der Waals surface area contributed by atoms with Gasteiger partial charge in [0.05, 0.1) is 24.2 Å². The van der Waals surface area contributed by atoms with Crippen LogP contribution >= 0.6 is 0 Å². The fourth-order valence-electron chi connectivity index (χ4n) is 3.84. The van der Waals surface area contributed by atoms with Gasteiger partial charge in [0.25, 0.3) is 11.5 Å². The molecule has 34 heavy (non-hydrogen) atoms. The molecule has 9 heteroatoms. The summed E-state index contributed by atoms with van der Waals surface area (Å²) < 4.78 is 1.21. The van der Waals surface area contributed by atoms with Gasteiger partial charge in [-0.3, -0.25) is 19.3 Å². The van der Waals surface area contributed by atoms with E-state index in [4.69, 9.17) is 0 Å². The molecule has 0 radical (unpaired) electrons. The van der Waals surface area contributed by atoms with Gasteiger partial charge in [0.2, 0.25) is 5.91 Å². The highest BCUT2D eigenvalue weighted by Gasteiger charge is 2.28. The zero-order valence-corrected chi connectivity index (χ0v) is 17.9. The Balaban J connectivity index is 1.49. The number of nitrogens with zero attached hydrogens (tertiary/aromatic N) is 3.